The highest BCUT2D eigenvalue weighted by molar-refractivity contribution is 5.85. The molecule has 0 radical (unpaired) electrons. The van der Waals surface area contributed by atoms with Gasteiger partial charge in [0.1, 0.15) is 6.04 Å². The SMILES string of the molecule is CCCC(=O)N1CCCC1C(=O)OCC. The number of hydrogen-bond donors (Lipinski definition) is 0. The van der Waals surface area contributed by atoms with Gasteiger partial charge in [-0.2, -0.15) is 0 Å². The van der Waals surface area contributed by atoms with E-state index in [-0.39, 0.29) is 17.9 Å². The lowest BCUT2D eigenvalue weighted by Gasteiger charge is -2.22. The molecule has 86 valence electrons. The molecule has 1 fully saturated rings. The third kappa shape index (κ3) is 2.94. The maximum Gasteiger partial charge on any atom is 0.328 e. The fourth-order valence-corrected chi connectivity index (χ4v) is 1.91. The second-order valence-electron chi connectivity index (χ2n) is 3.75. The fraction of sp³-hybridized carbons (Fsp3) is 0.818. The zero-order chi connectivity index (χ0) is 11.3. The molecule has 1 amide bonds. The highest BCUT2D eigenvalue weighted by Crippen LogP contribution is 2.19. The number of nitrogens with zero attached hydrogens (tertiary/aromatic N) is 1. The molecule has 4 nitrogen and oxygen atoms in total. The van der Waals surface area contributed by atoms with Crippen molar-refractivity contribution >= 4 is 11.9 Å². The molecule has 0 aromatic heterocycles. The molecule has 15 heavy (non-hydrogen) atoms. The first-order chi connectivity index (χ1) is 7.20. The Morgan fingerprint density at radius 1 is 1.40 bits per heavy atom. The molecule has 0 aromatic rings. The fourth-order valence-electron chi connectivity index (χ4n) is 1.91. The number of likely N-dealkylation sites (tertiary alicyclic amines) is 1. The van der Waals surface area contributed by atoms with Crippen molar-refractivity contribution in [1.82, 2.24) is 4.90 Å². The predicted molar refractivity (Wildman–Crippen MR) is 56.3 cm³/mol. The van der Waals surface area contributed by atoms with Crippen LogP contribution in [0.15, 0.2) is 0 Å². The lowest BCUT2D eigenvalue weighted by molar-refractivity contribution is -0.153. The molecule has 0 N–H and O–H groups in total. The molecule has 1 unspecified atom stereocenters. The second kappa shape index (κ2) is 5.73. The van der Waals surface area contributed by atoms with Crippen LogP contribution in [0.3, 0.4) is 0 Å². The van der Waals surface area contributed by atoms with Crippen molar-refractivity contribution in [3.05, 3.63) is 0 Å². The molecule has 1 aliphatic heterocycles. The van der Waals surface area contributed by atoms with Crippen LogP contribution in [-0.2, 0) is 14.3 Å². The minimum atomic E-state index is -0.330. The van der Waals surface area contributed by atoms with E-state index in [0.29, 0.717) is 19.6 Å². The van der Waals surface area contributed by atoms with E-state index in [1.54, 1.807) is 11.8 Å². The van der Waals surface area contributed by atoms with Gasteiger partial charge in [0.25, 0.3) is 0 Å². The Bertz CT molecular complexity index is 216. The summed E-state index contributed by atoms with van der Waals surface area (Å²) in [5, 5.41) is 0. The number of amides is 1. The number of carbonyl (C=O) groups is 2. The van der Waals surface area contributed by atoms with Gasteiger partial charge in [0.05, 0.1) is 6.61 Å². The molecule has 0 aliphatic carbocycles. The normalized spacial score (nSPS) is 20.4. The number of rotatable bonds is 4. The molecular formula is C11H19NO3. The first kappa shape index (κ1) is 12.0. The van der Waals surface area contributed by atoms with E-state index in [1.165, 1.54) is 0 Å². The number of hydrogen-bond acceptors (Lipinski definition) is 3. The largest absolute Gasteiger partial charge is 0.464 e. The molecule has 0 bridgehead atoms. The Balaban J connectivity index is 2.56. The van der Waals surface area contributed by atoms with Crippen molar-refractivity contribution in [3.8, 4) is 0 Å². The zero-order valence-electron chi connectivity index (χ0n) is 9.49. The maximum atomic E-state index is 11.7. The van der Waals surface area contributed by atoms with E-state index in [1.807, 2.05) is 6.92 Å². The van der Waals surface area contributed by atoms with Crippen LogP contribution in [0.4, 0.5) is 0 Å². The van der Waals surface area contributed by atoms with Crippen molar-refractivity contribution in [1.29, 1.82) is 0 Å². The number of esters is 1. The third-order valence-electron chi connectivity index (χ3n) is 2.60. The summed E-state index contributed by atoms with van der Waals surface area (Å²) in [4.78, 5) is 24.9. The number of ether oxygens (including phenoxy) is 1. The monoisotopic (exact) mass is 213 g/mol. The van der Waals surface area contributed by atoms with Gasteiger partial charge in [-0.25, -0.2) is 4.79 Å². The molecule has 1 aliphatic rings. The van der Waals surface area contributed by atoms with Gasteiger partial charge in [0.15, 0.2) is 0 Å². The quantitative estimate of drug-likeness (QED) is 0.662. The van der Waals surface area contributed by atoms with E-state index in [0.717, 1.165) is 19.3 Å². The zero-order valence-corrected chi connectivity index (χ0v) is 9.49. The minimum Gasteiger partial charge on any atom is -0.464 e. The molecule has 0 aromatic carbocycles. The predicted octanol–water partition coefficient (Wildman–Crippen LogP) is 1.34. The minimum absolute atomic E-state index is 0.0769. The molecule has 0 saturated carbocycles. The molecule has 1 heterocycles. The highest BCUT2D eigenvalue weighted by atomic mass is 16.5. The van der Waals surface area contributed by atoms with Crippen LogP contribution >= 0.6 is 0 Å². The van der Waals surface area contributed by atoms with Gasteiger partial charge < -0.3 is 9.64 Å². The van der Waals surface area contributed by atoms with Crippen LogP contribution in [-0.4, -0.2) is 36.0 Å². The van der Waals surface area contributed by atoms with Crippen LogP contribution < -0.4 is 0 Å². The van der Waals surface area contributed by atoms with Gasteiger partial charge in [-0.3, -0.25) is 4.79 Å². The van der Waals surface area contributed by atoms with Crippen molar-refractivity contribution in [3.63, 3.8) is 0 Å². The Hall–Kier alpha value is -1.06. The molecule has 1 saturated heterocycles. The van der Waals surface area contributed by atoms with E-state index in [2.05, 4.69) is 0 Å². The first-order valence-electron chi connectivity index (χ1n) is 5.66. The summed E-state index contributed by atoms with van der Waals surface area (Å²) in [6, 6.07) is -0.330. The van der Waals surface area contributed by atoms with Crippen molar-refractivity contribution in [2.75, 3.05) is 13.2 Å². The van der Waals surface area contributed by atoms with Crippen LogP contribution in [0.1, 0.15) is 39.5 Å². The van der Waals surface area contributed by atoms with Crippen LogP contribution in [0.25, 0.3) is 0 Å². The van der Waals surface area contributed by atoms with Crippen LogP contribution in [0.2, 0.25) is 0 Å². The van der Waals surface area contributed by atoms with Crippen molar-refractivity contribution < 1.29 is 14.3 Å². The van der Waals surface area contributed by atoms with E-state index in [9.17, 15) is 9.59 Å². The van der Waals surface area contributed by atoms with Gasteiger partial charge in [0, 0.05) is 13.0 Å². The summed E-state index contributed by atoms with van der Waals surface area (Å²) in [7, 11) is 0. The maximum absolute atomic E-state index is 11.7. The summed E-state index contributed by atoms with van der Waals surface area (Å²) in [5.74, 6) is -0.174. The molecule has 0 spiro atoms. The molecular weight excluding hydrogens is 194 g/mol. The molecule has 1 rings (SSSR count). The molecule has 1 atom stereocenters. The average molecular weight is 213 g/mol. The lowest BCUT2D eigenvalue weighted by atomic mass is 10.2. The first-order valence-corrected chi connectivity index (χ1v) is 5.66. The highest BCUT2D eigenvalue weighted by Gasteiger charge is 2.34. The van der Waals surface area contributed by atoms with Crippen molar-refractivity contribution in [2.24, 2.45) is 0 Å². The van der Waals surface area contributed by atoms with Crippen molar-refractivity contribution in [2.45, 2.75) is 45.6 Å². The summed E-state index contributed by atoms with van der Waals surface area (Å²) < 4.78 is 4.95. The Labute approximate surface area is 90.6 Å². The Morgan fingerprint density at radius 3 is 2.73 bits per heavy atom. The van der Waals surface area contributed by atoms with Gasteiger partial charge in [-0.1, -0.05) is 6.92 Å². The van der Waals surface area contributed by atoms with Crippen LogP contribution in [0, 0.1) is 0 Å². The van der Waals surface area contributed by atoms with Gasteiger partial charge in [-0.05, 0) is 26.2 Å². The topological polar surface area (TPSA) is 46.6 Å². The standard InChI is InChI=1S/C11H19NO3/c1-3-6-10(13)12-8-5-7-9(12)11(14)15-4-2/h9H,3-8H2,1-2H3. The van der Waals surface area contributed by atoms with E-state index in [4.69, 9.17) is 4.74 Å². The van der Waals surface area contributed by atoms with Crippen LogP contribution in [0.5, 0.6) is 0 Å². The summed E-state index contributed by atoms with van der Waals surface area (Å²) in [6.07, 6.45) is 2.99. The van der Waals surface area contributed by atoms with Gasteiger partial charge in [0.2, 0.25) is 5.91 Å². The van der Waals surface area contributed by atoms with Gasteiger partial charge >= 0.3 is 5.97 Å². The Morgan fingerprint density at radius 2 is 2.13 bits per heavy atom. The van der Waals surface area contributed by atoms with Gasteiger partial charge in [-0.15, -0.1) is 0 Å². The lowest BCUT2D eigenvalue weighted by Crippen LogP contribution is -2.41. The summed E-state index contributed by atoms with van der Waals surface area (Å²) >= 11 is 0. The van der Waals surface area contributed by atoms with E-state index >= 15 is 0 Å². The van der Waals surface area contributed by atoms with E-state index < -0.39 is 0 Å². The summed E-state index contributed by atoms with van der Waals surface area (Å²) in [6.45, 7) is 4.83. The number of carbonyl (C=O) groups excluding carboxylic acids is 2. The smallest absolute Gasteiger partial charge is 0.328 e. The third-order valence-corrected chi connectivity index (χ3v) is 2.60. The second-order valence-corrected chi connectivity index (χ2v) is 3.75. The molecule has 4 heteroatoms. The Kier molecular flexibility index (Phi) is 4.59. The summed E-state index contributed by atoms with van der Waals surface area (Å²) in [5.41, 5.74) is 0. The average Bonchev–Trinajstić information content (AvgIpc) is 2.66.